The lowest BCUT2D eigenvalue weighted by atomic mass is 10.4. The first-order valence-electron chi connectivity index (χ1n) is 7.82. The van der Waals surface area contributed by atoms with Gasteiger partial charge in [-0.15, -0.1) is 0 Å². The lowest BCUT2D eigenvalue weighted by Gasteiger charge is -2.16. The maximum Gasteiger partial charge on any atom is 0.0970 e. The minimum absolute atomic E-state index is 1.26. The summed E-state index contributed by atoms with van der Waals surface area (Å²) < 4.78 is 15.3. The summed E-state index contributed by atoms with van der Waals surface area (Å²) in [6.45, 7) is 0. The fourth-order valence-corrected chi connectivity index (χ4v) is 11.5. The van der Waals surface area contributed by atoms with E-state index in [0.29, 0.717) is 0 Å². The summed E-state index contributed by atoms with van der Waals surface area (Å²) in [5.74, 6) is 0. The van der Waals surface area contributed by atoms with Gasteiger partial charge in [0.25, 0.3) is 0 Å². The Kier molecular flexibility index (Phi) is 4.95. The molecule has 0 bridgehead atoms. The Morgan fingerprint density at radius 3 is 0.875 bits per heavy atom. The second kappa shape index (κ2) is 7.49. The Bertz CT molecular complexity index is 802. The first kappa shape index (κ1) is 15.9. The van der Waals surface area contributed by atoms with Gasteiger partial charge in [0.2, 0.25) is 0 Å². The van der Waals surface area contributed by atoms with Gasteiger partial charge in [0.15, 0.2) is 0 Å². The van der Waals surface area contributed by atoms with Gasteiger partial charge in [-0.2, -0.15) is 0 Å². The SMILES string of the molecule is c1ccc([PH]2=N[PH](c3ccccc3)=N[PH](c3ccccc3)=N2)cc1. The summed E-state index contributed by atoms with van der Waals surface area (Å²) in [6, 6.07) is 31.5. The number of hydrogen-bond donors (Lipinski definition) is 0. The maximum atomic E-state index is 5.09. The van der Waals surface area contributed by atoms with Crippen LogP contribution in [0, 0.1) is 0 Å². The molecule has 3 aromatic rings. The van der Waals surface area contributed by atoms with Crippen LogP contribution in [0.3, 0.4) is 0 Å². The molecule has 1 aliphatic heterocycles. The Morgan fingerprint density at radius 1 is 0.375 bits per heavy atom. The van der Waals surface area contributed by atoms with Gasteiger partial charge in [0.05, 0.1) is 23.6 Å². The van der Waals surface area contributed by atoms with E-state index in [0.717, 1.165) is 0 Å². The fourth-order valence-electron chi connectivity index (χ4n) is 2.52. The quantitative estimate of drug-likeness (QED) is 0.588. The molecule has 6 heteroatoms. The van der Waals surface area contributed by atoms with Crippen molar-refractivity contribution < 1.29 is 0 Å². The topological polar surface area (TPSA) is 37.1 Å². The van der Waals surface area contributed by atoms with E-state index in [1.165, 1.54) is 15.9 Å². The monoisotopic (exact) mass is 369 g/mol. The molecule has 3 nitrogen and oxygen atoms in total. The average Bonchev–Trinajstić information content (AvgIpc) is 2.70. The summed E-state index contributed by atoms with van der Waals surface area (Å²) in [5, 5.41) is 3.78. The molecule has 120 valence electrons. The zero-order chi connectivity index (χ0) is 16.2. The molecule has 0 N–H and O–H groups in total. The molecule has 1 aliphatic rings. The van der Waals surface area contributed by atoms with Crippen LogP contribution < -0.4 is 15.9 Å². The van der Waals surface area contributed by atoms with Gasteiger partial charge in [-0.1, -0.05) is 91.0 Å². The second-order valence-electron chi connectivity index (χ2n) is 5.40. The summed E-state index contributed by atoms with van der Waals surface area (Å²) in [6.07, 6.45) is 0. The Labute approximate surface area is 144 Å². The van der Waals surface area contributed by atoms with Gasteiger partial charge in [-0.05, 0) is 0 Å². The van der Waals surface area contributed by atoms with E-state index >= 15 is 0 Å². The third-order valence-corrected chi connectivity index (χ3v) is 11.4. The molecule has 0 aromatic heterocycles. The van der Waals surface area contributed by atoms with Gasteiger partial charge in [-0.3, -0.25) is 0 Å². The smallest absolute Gasteiger partial charge is 0.0970 e. The van der Waals surface area contributed by atoms with Crippen LogP contribution in [0.5, 0.6) is 0 Å². The molecule has 24 heavy (non-hydrogen) atoms. The molecule has 0 atom stereocenters. The van der Waals surface area contributed by atoms with Crippen molar-refractivity contribution in [2.24, 2.45) is 13.5 Å². The average molecular weight is 369 g/mol. The van der Waals surface area contributed by atoms with Crippen molar-refractivity contribution in [3.8, 4) is 0 Å². The molecule has 3 aromatic carbocycles. The number of nitrogens with zero attached hydrogens (tertiary/aromatic N) is 3. The van der Waals surface area contributed by atoms with Crippen molar-refractivity contribution in [3.63, 3.8) is 0 Å². The summed E-state index contributed by atoms with van der Waals surface area (Å²) in [5.41, 5.74) is 0. The van der Waals surface area contributed by atoms with Crippen molar-refractivity contribution in [3.05, 3.63) is 91.0 Å². The molecule has 0 saturated heterocycles. The van der Waals surface area contributed by atoms with E-state index in [4.69, 9.17) is 13.5 Å². The van der Waals surface area contributed by atoms with E-state index in [9.17, 15) is 0 Å². The number of hydrogen-bond acceptors (Lipinski definition) is 3. The van der Waals surface area contributed by atoms with E-state index in [1.54, 1.807) is 0 Å². The molecular weight excluding hydrogens is 351 g/mol. The van der Waals surface area contributed by atoms with Gasteiger partial charge in [0.1, 0.15) is 0 Å². The lowest BCUT2D eigenvalue weighted by molar-refractivity contribution is 1.70. The minimum atomic E-state index is -1.27. The predicted octanol–water partition coefficient (Wildman–Crippen LogP) is 4.91. The third-order valence-electron chi connectivity index (χ3n) is 3.73. The molecular formula is C18H18N3P3. The third kappa shape index (κ3) is 3.55. The highest BCUT2D eigenvalue weighted by Gasteiger charge is 2.12. The maximum absolute atomic E-state index is 5.09. The minimum Gasteiger partial charge on any atom is -0.237 e. The van der Waals surface area contributed by atoms with E-state index in [-0.39, 0.29) is 0 Å². The zero-order valence-electron chi connectivity index (χ0n) is 13.0. The molecule has 0 aliphatic carbocycles. The molecule has 0 fully saturated rings. The highest BCUT2D eigenvalue weighted by Crippen LogP contribution is 2.53. The van der Waals surface area contributed by atoms with Crippen LogP contribution in [0.1, 0.15) is 0 Å². The number of rotatable bonds is 3. The lowest BCUT2D eigenvalue weighted by Crippen LogP contribution is -1.99. The number of benzene rings is 3. The van der Waals surface area contributed by atoms with Crippen molar-refractivity contribution in [1.29, 1.82) is 0 Å². The first-order chi connectivity index (χ1) is 11.9. The molecule has 0 radical (unpaired) electrons. The van der Waals surface area contributed by atoms with Crippen molar-refractivity contribution in [2.45, 2.75) is 0 Å². The van der Waals surface area contributed by atoms with Crippen LogP contribution in [-0.4, -0.2) is 0 Å². The molecule has 0 saturated carbocycles. The fraction of sp³-hybridized carbons (Fsp3) is 0. The summed E-state index contributed by atoms with van der Waals surface area (Å²) in [4.78, 5) is 0. The summed E-state index contributed by atoms with van der Waals surface area (Å²) in [7, 11) is -3.81. The predicted molar refractivity (Wildman–Crippen MR) is 110 cm³/mol. The molecule has 4 rings (SSSR count). The van der Waals surface area contributed by atoms with E-state index in [1.807, 2.05) is 18.2 Å². The molecule has 0 amide bonds. The van der Waals surface area contributed by atoms with Gasteiger partial charge in [0, 0.05) is 15.9 Å². The van der Waals surface area contributed by atoms with Crippen molar-refractivity contribution >= 4 is 39.5 Å². The highest BCUT2D eigenvalue weighted by atomic mass is 31.2. The largest absolute Gasteiger partial charge is 0.237 e. The van der Waals surface area contributed by atoms with Crippen LogP contribution in [0.15, 0.2) is 105 Å². The molecule has 0 unspecified atom stereocenters. The zero-order valence-corrected chi connectivity index (χ0v) is 16.0. The van der Waals surface area contributed by atoms with Gasteiger partial charge in [-0.25, -0.2) is 13.5 Å². The standard InChI is InChI=1S/C18H18N3P3/c1-4-10-16(11-5-1)22-19-23(17-12-6-2-7-13-17)21-24(20-22)18-14-8-3-9-15-18/h1-15,22-24H. The van der Waals surface area contributed by atoms with Crippen LogP contribution >= 0.6 is 23.6 Å². The first-order valence-corrected chi connectivity index (χ1v) is 12.0. The van der Waals surface area contributed by atoms with Gasteiger partial charge < -0.3 is 0 Å². The molecule has 0 spiro atoms. The Morgan fingerprint density at radius 2 is 0.625 bits per heavy atom. The van der Waals surface area contributed by atoms with Crippen LogP contribution in [0.2, 0.25) is 0 Å². The highest BCUT2D eigenvalue weighted by molar-refractivity contribution is 7.77. The Hall–Kier alpha value is -1.65. The van der Waals surface area contributed by atoms with E-state index < -0.39 is 23.6 Å². The van der Waals surface area contributed by atoms with E-state index in [2.05, 4.69) is 72.8 Å². The van der Waals surface area contributed by atoms with Gasteiger partial charge >= 0.3 is 0 Å². The van der Waals surface area contributed by atoms with Crippen molar-refractivity contribution in [1.82, 2.24) is 0 Å². The van der Waals surface area contributed by atoms with Crippen molar-refractivity contribution in [2.75, 3.05) is 0 Å². The Balaban J connectivity index is 1.86. The second-order valence-corrected chi connectivity index (χ2v) is 11.8. The molecule has 1 heterocycles. The van der Waals surface area contributed by atoms with Crippen LogP contribution in [0.4, 0.5) is 0 Å². The normalized spacial score (nSPS) is 22.8. The van der Waals surface area contributed by atoms with Crippen LogP contribution in [-0.2, 0) is 0 Å². The van der Waals surface area contributed by atoms with Crippen LogP contribution in [0.25, 0.3) is 0 Å². The summed E-state index contributed by atoms with van der Waals surface area (Å²) >= 11 is 0.